The van der Waals surface area contributed by atoms with E-state index in [2.05, 4.69) is 166 Å². The van der Waals surface area contributed by atoms with Crippen LogP contribution in [0.4, 0.5) is 0 Å². The normalized spacial score (nSPS) is 12.2. The summed E-state index contributed by atoms with van der Waals surface area (Å²) in [6.45, 7) is 4.46. The van der Waals surface area contributed by atoms with Crippen molar-refractivity contribution in [2.24, 2.45) is 15.0 Å². The highest BCUT2D eigenvalue weighted by Crippen LogP contribution is 2.38. The molecule has 0 N–H and O–H groups in total. The predicted octanol–water partition coefficient (Wildman–Crippen LogP) is 12.6. The Balaban J connectivity index is 1.10. The fourth-order valence-corrected chi connectivity index (χ4v) is 8.04. The van der Waals surface area contributed by atoms with Crippen molar-refractivity contribution >= 4 is 62.0 Å². The molecule has 0 aliphatic rings. The van der Waals surface area contributed by atoms with Gasteiger partial charge in [0.25, 0.3) is 0 Å². The van der Waals surface area contributed by atoms with Gasteiger partial charge in [-0.15, -0.1) is 0 Å². The summed E-state index contributed by atoms with van der Waals surface area (Å²) in [6.07, 6.45) is 0. The third-order valence-corrected chi connectivity index (χ3v) is 10.7. The number of aromatic nitrogens is 2. The maximum atomic E-state index is 5.04. The highest BCUT2D eigenvalue weighted by atomic mass is 15.0. The van der Waals surface area contributed by atoms with Gasteiger partial charge < -0.3 is 9.13 Å². The number of benzene rings is 8. The van der Waals surface area contributed by atoms with E-state index in [1.165, 1.54) is 38.1 Å². The van der Waals surface area contributed by atoms with Crippen LogP contribution < -0.4 is 0 Å². The van der Waals surface area contributed by atoms with E-state index in [1.807, 2.05) is 54.6 Å². The molecule has 0 aliphatic carbocycles. The van der Waals surface area contributed by atoms with E-state index >= 15 is 0 Å². The number of rotatable bonds is 7. The van der Waals surface area contributed by atoms with E-state index in [9.17, 15) is 0 Å². The molecule has 0 saturated heterocycles. The van der Waals surface area contributed by atoms with Crippen LogP contribution in [0.15, 0.2) is 215 Å². The standard InChI is InChI=1S/C52H37N5/c1-53-51(55-52(37-18-7-3-8-19-37)54-35-36-16-5-2-6-17-36)40-20-15-23-42(32-40)57-47-26-13-11-24-43(47)45-30-28-39(34-50(45)57)38-29-31-49-46(33-38)44-25-12-14-27-48(44)56(49)41-21-9-4-10-22-41/h2-34H,1,35H2. The molecule has 0 aliphatic heterocycles. The average molecular weight is 732 g/mol. The lowest BCUT2D eigenvalue weighted by atomic mass is 10.0. The number of nitrogens with zero attached hydrogens (tertiary/aromatic N) is 5. The van der Waals surface area contributed by atoms with Gasteiger partial charge in [0.2, 0.25) is 0 Å². The summed E-state index contributed by atoms with van der Waals surface area (Å²) in [6, 6.07) is 70.2. The predicted molar refractivity (Wildman–Crippen MR) is 240 cm³/mol. The lowest BCUT2D eigenvalue weighted by Crippen LogP contribution is -2.06. The third kappa shape index (κ3) is 6.21. The molecular formula is C52H37N5. The van der Waals surface area contributed by atoms with Gasteiger partial charge in [-0.25, -0.2) is 9.98 Å². The second kappa shape index (κ2) is 14.5. The first-order chi connectivity index (χ1) is 28.2. The molecule has 10 rings (SSSR count). The Morgan fingerprint density at radius 2 is 0.947 bits per heavy atom. The highest BCUT2D eigenvalue weighted by molar-refractivity contribution is 6.14. The van der Waals surface area contributed by atoms with Crippen LogP contribution in [0.3, 0.4) is 0 Å². The van der Waals surface area contributed by atoms with Crippen molar-refractivity contribution in [3.63, 3.8) is 0 Å². The molecule has 10 aromatic rings. The van der Waals surface area contributed by atoms with E-state index in [4.69, 9.17) is 9.98 Å². The van der Waals surface area contributed by atoms with E-state index in [-0.39, 0.29) is 0 Å². The zero-order valence-corrected chi connectivity index (χ0v) is 31.2. The summed E-state index contributed by atoms with van der Waals surface area (Å²) in [5.74, 6) is 1.12. The molecule has 5 nitrogen and oxygen atoms in total. The maximum absolute atomic E-state index is 5.04. The molecular weight excluding hydrogens is 695 g/mol. The van der Waals surface area contributed by atoms with Crippen LogP contribution in [0.1, 0.15) is 16.7 Å². The van der Waals surface area contributed by atoms with Crippen molar-refractivity contribution in [1.82, 2.24) is 9.13 Å². The van der Waals surface area contributed by atoms with Gasteiger partial charge in [0.15, 0.2) is 11.7 Å². The van der Waals surface area contributed by atoms with Crippen LogP contribution in [0.5, 0.6) is 0 Å². The summed E-state index contributed by atoms with van der Waals surface area (Å²) in [4.78, 5) is 14.5. The van der Waals surface area contributed by atoms with E-state index in [0.717, 1.165) is 44.7 Å². The van der Waals surface area contributed by atoms with Crippen LogP contribution in [-0.2, 0) is 6.54 Å². The molecule has 270 valence electrons. The summed E-state index contributed by atoms with van der Waals surface area (Å²) in [5, 5.41) is 4.85. The van der Waals surface area contributed by atoms with Gasteiger partial charge in [-0.2, -0.15) is 0 Å². The van der Waals surface area contributed by atoms with Crippen molar-refractivity contribution in [1.29, 1.82) is 0 Å². The van der Waals surface area contributed by atoms with Crippen molar-refractivity contribution < 1.29 is 0 Å². The molecule has 0 amide bonds. The molecule has 5 heteroatoms. The summed E-state index contributed by atoms with van der Waals surface area (Å²) in [7, 11) is 0. The minimum absolute atomic E-state index is 0.505. The molecule has 0 fully saturated rings. The van der Waals surface area contributed by atoms with Gasteiger partial charge in [-0.1, -0.05) is 146 Å². The third-order valence-electron chi connectivity index (χ3n) is 10.7. The number of hydrogen-bond donors (Lipinski definition) is 0. The minimum atomic E-state index is 0.505. The summed E-state index contributed by atoms with van der Waals surface area (Å²) < 4.78 is 4.70. The molecule has 2 aromatic heterocycles. The summed E-state index contributed by atoms with van der Waals surface area (Å²) in [5.41, 5.74) is 12.0. The fraction of sp³-hybridized carbons (Fsp3) is 0.0192. The van der Waals surface area contributed by atoms with Crippen LogP contribution in [-0.4, -0.2) is 27.5 Å². The van der Waals surface area contributed by atoms with Gasteiger partial charge in [-0.3, -0.25) is 4.99 Å². The molecule has 57 heavy (non-hydrogen) atoms. The first-order valence-electron chi connectivity index (χ1n) is 19.2. The molecule has 0 bridgehead atoms. The first-order valence-corrected chi connectivity index (χ1v) is 19.2. The lowest BCUT2D eigenvalue weighted by molar-refractivity contribution is 1.06. The van der Waals surface area contributed by atoms with E-state index in [0.29, 0.717) is 18.2 Å². The fourth-order valence-electron chi connectivity index (χ4n) is 8.04. The van der Waals surface area contributed by atoms with Crippen molar-refractivity contribution in [2.75, 3.05) is 0 Å². The number of aliphatic imine (C=N–C) groups is 3. The lowest BCUT2D eigenvalue weighted by Gasteiger charge is -2.12. The Hall–Kier alpha value is -7.63. The zero-order chi connectivity index (χ0) is 38.1. The zero-order valence-electron chi connectivity index (χ0n) is 31.2. The molecule has 8 aromatic carbocycles. The smallest absolute Gasteiger partial charge is 0.161 e. The van der Waals surface area contributed by atoms with E-state index in [1.54, 1.807) is 0 Å². The van der Waals surface area contributed by atoms with Crippen molar-refractivity contribution in [3.8, 4) is 22.5 Å². The van der Waals surface area contributed by atoms with Crippen LogP contribution in [0.25, 0.3) is 66.1 Å². The van der Waals surface area contributed by atoms with Crippen LogP contribution >= 0.6 is 0 Å². The Morgan fingerprint density at radius 3 is 1.68 bits per heavy atom. The Labute approximate surface area is 330 Å². The maximum Gasteiger partial charge on any atom is 0.161 e. The molecule has 0 radical (unpaired) electrons. The molecule has 0 atom stereocenters. The first kappa shape index (κ1) is 33.9. The Morgan fingerprint density at radius 1 is 0.404 bits per heavy atom. The van der Waals surface area contributed by atoms with Crippen molar-refractivity contribution in [2.45, 2.75) is 6.54 Å². The second-order valence-electron chi connectivity index (χ2n) is 14.1. The monoisotopic (exact) mass is 731 g/mol. The summed E-state index contributed by atoms with van der Waals surface area (Å²) >= 11 is 0. The molecule has 0 unspecified atom stereocenters. The number of fused-ring (bicyclic) bond motifs is 6. The van der Waals surface area contributed by atoms with Crippen LogP contribution in [0, 0.1) is 0 Å². The van der Waals surface area contributed by atoms with Crippen LogP contribution in [0.2, 0.25) is 0 Å². The van der Waals surface area contributed by atoms with Gasteiger partial charge in [0.1, 0.15) is 0 Å². The Bertz CT molecular complexity index is 3150. The second-order valence-corrected chi connectivity index (χ2v) is 14.1. The highest BCUT2D eigenvalue weighted by Gasteiger charge is 2.17. The van der Waals surface area contributed by atoms with Gasteiger partial charge in [-0.05, 0) is 78.0 Å². The molecule has 2 heterocycles. The number of para-hydroxylation sites is 3. The minimum Gasteiger partial charge on any atom is -0.309 e. The SMILES string of the molecule is C=NC(=NC(=NCc1ccccc1)c1ccccc1)c1cccc(-n2c3ccccc3c3ccc(-c4ccc5c(c4)c4ccccc4n5-c4ccccc4)cc32)c1. The quantitative estimate of drug-likeness (QED) is 0.116. The Kier molecular flexibility index (Phi) is 8.65. The van der Waals surface area contributed by atoms with E-state index < -0.39 is 0 Å². The number of hydrogen-bond acceptors (Lipinski definition) is 1. The van der Waals surface area contributed by atoms with Gasteiger partial charge >= 0.3 is 0 Å². The molecule has 0 saturated carbocycles. The number of amidine groups is 2. The largest absolute Gasteiger partial charge is 0.309 e. The topological polar surface area (TPSA) is 46.9 Å². The molecule has 0 spiro atoms. The average Bonchev–Trinajstić information content (AvgIpc) is 3.80. The van der Waals surface area contributed by atoms with Gasteiger partial charge in [0.05, 0.1) is 28.6 Å². The van der Waals surface area contributed by atoms with Gasteiger partial charge in [0, 0.05) is 44.0 Å². The van der Waals surface area contributed by atoms with Crippen molar-refractivity contribution in [3.05, 3.63) is 217 Å².